The zero-order valence-corrected chi connectivity index (χ0v) is 8.69. The van der Waals surface area contributed by atoms with Crippen molar-refractivity contribution in [3.05, 3.63) is 24.5 Å². The number of aromatic nitrogens is 1. The molecule has 1 N–H and O–H groups in total. The van der Waals surface area contributed by atoms with Gasteiger partial charge in [-0.2, -0.15) is 0 Å². The Morgan fingerprint density at radius 1 is 1.57 bits per heavy atom. The number of amides is 1. The van der Waals surface area contributed by atoms with E-state index < -0.39 is 0 Å². The largest absolute Gasteiger partial charge is 0.373 e. The molecule has 1 aromatic rings. The van der Waals surface area contributed by atoms with E-state index in [2.05, 4.69) is 10.3 Å². The van der Waals surface area contributed by atoms with Crippen molar-refractivity contribution in [2.45, 2.75) is 13.0 Å². The molecule has 0 saturated heterocycles. The van der Waals surface area contributed by atoms with Gasteiger partial charge in [0.1, 0.15) is 6.04 Å². The van der Waals surface area contributed by atoms with Crippen LogP contribution in [0.5, 0.6) is 0 Å². The molecule has 0 aromatic carbocycles. The molecule has 4 heteroatoms. The maximum absolute atomic E-state index is 11.5. The van der Waals surface area contributed by atoms with E-state index in [4.69, 9.17) is 0 Å². The van der Waals surface area contributed by atoms with Crippen LogP contribution in [0.15, 0.2) is 24.5 Å². The molecule has 1 unspecified atom stereocenters. The average Bonchev–Trinajstić information content (AvgIpc) is 2.18. The van der Waals surface area contributed by atoms with Gasteiger partial charge in [0.15, 0.2) is 0 Å². The number of hydrogen-bond acceptors (Lipinski definition) is 3. The molecular formula is C10H15N3O. The molecule has 0 aliphatic heterocycles. The molecule has 0 bridgehead atoms. The van der Waals surface area contributed by atoms with E-state index in [1.54, 1.807) is 31.4 Å². The summed E-state index contributed by atoms with van der Waals surface area (Å²) in [5.74, 6) is 0.0499. The second kappa shape index (κ2) is 4.60. The number of carbonyl (C=O) groups excluding carboxylic acids is 1. The van der Waals surface area contributed by atoms with Crippen molar-refractivity contribution in [1.29, 1.82) is 0 Å². The first kappa shape index (κ1) is 10.5. The lowest BCUT2D eigenvalue weighted by Crippen LogP contribution is -2.36. The summed E-state index contributed by atoms with van der Waals surface area (Å²) < 4.78 is 0. The van der Waals surface area contributed by atoms with Gasteiger partial charge in [0.25, 0.3) is 0 Å². The van der Waals surface area contributed by atoms with Crippen LogP contribution in [0.2, 0.25) is 0 Å². The number of pyridine rings is 1. The van der Waals surface area contributed by atoms with Crippen LogP contribution in [0.4, 0.5) is 5.69 Å². The zero-order valence-electron chi connectivity index (χ0n) is 8.69. The minimum Gasteiger partial charge on any atom is -0.373 e. The second-order valence-electron chi connectivity index (χ2n) is 3.34. The van der Waals surface area contributed by atoms with Crippen LogP contribution < -0.4 is 5.32 Å². The second-order valence-corrected chi connectivity index (χ2v) is 3.34. The highest BCUT2D eigenvalue weighted by Gasteiger charge is 2.13. The first-order chi connectivity index (χ1) is 6.61. The monoisotopic (exact) mass is 193 g/mol. The van der Waals surface area contributed by atoms with Crippen LogP contribution in [0.1, 0.15) is 6.92 Å². The van der Waals surface area contributed by atoms with Crippen LogP contribution in [-0.2, 0) is 4.79 Å². The summed E-state index contributed by atoms with van der Waals surface area (Å²) in [5, 5.41) is 3.07. The molecule has 0 aliphatic carbocycles. The van der Waals surface area contributed by atoms with E-state index in [-0.39, 0.29) is 11.9 Å². The minimum absolute atomic E-state index is 0.0499. The molecule has 4 nitrogen and oxygen atoms in total. The summed E-state index contributed by atoms with van der Waals surface area (Å²) >= 11 is 0. The minimum atomic E-state index is -0.228. The number of rotatable bonds is 3. The molecule has 14 heavy (non-hydrogen) atoms. The Labute approximate surface area is 83.9 Å². The molecule has 1 amide bonds. The molecule has 0 aliphatic rings. The maximum atomic E-state index is 11.5. The number of nitrogens with one attached hydrogen (secondary N) is 1. The highest BCUT2D eigenvalue weighted by atomic mass is 16.2. The summed E-state index contributed by atoms with van der Waals surface area (Å²) in [4.78, 5) is 17.0. The first-order valence-corrected chi connectivity index (χ1v) is 4.49. The molecule has 76 valence electrons. The van der Waals surface area contributed by atoms with Crippen LogP contribution in [-0.4, -0.2) is 35.9 Å². The Kier molecular flexibility index (Phi) is 3.45. The van der Waals surface area contributed by atoms with Gasteiger partial charge in [-0.1, -0.05) is 0 Å². The predicted octanol–water partition coefficient (Wildman–Crippen LogP) is 0.970. The average molecular weight is 193 g/mol. The normalized spacial score (nSPS) is 11.9. The Morgan fingerprint density at radius 3 is 2.79 bits per heavy atom. The SMILES string of the molecule is CC(Nc1cccnc1)C(=O)N(C)C. The van der Waals surface area contributed by atoms with E-state index in [0.717, 1.165) is 5.69 Å². The van der Waals surface area contributed by atoms with Crippen LogP contribution in [0, 0.1) is 0 Å². The zero-order chi connectivity index (χ0) is 10.6. The van der Waals surface area contributed by atoms with Crippen LogP contribution in [0.25, 0.3) is 0 Å². The first-order valence-electron chi connectivity index (χ1n) is 4.49. The van der Waals surface area contributed by atoms with Gasteiger partial charge in [-0.05, 0) is 19.1 Å². The predicted molar refractivity (Wildman–Crippen MR) is 56.0 cm³/mol. The van der Waals surface area contributed by atoms with Gasteiger partial charge in [0, 0.05) is 26.5 Å². The van der Waals surface area contributed by atoms with Gasteiger partial charge < -0.3 is 10.2 Å². The Bertz CT molecular complexity index is 297. The number of likely N-dealkylation sites (N-methyl/N-ethyl adjacent to an activating group) is 1. The third kappa shape index (κ3) is 2.73. The van der Waals surface area contributed by atoms with E-state index in [9.17, 15) is 4.79 Å². The van der Waals surface area contributed by atoms with Crippen molar-refractivity contribution >= 4 is 11.6 Å². The van der Waals surface area contributed by atoms with E-state index in [1.165, 1.54) is 0 Å². The Hall–Kier alpha value is -1.58. The van der Waals surface area contributed by atoms with Crippen molar-refractivity contribution < 1.29 is 4.79 Å². The van der Waals surface area contributed by atoms with Crippen molar-refractivity contribution in [2.75, 3.05) is 19.4 Å². The molecule has 1 heterocycles. The summed E-state index contributed by atoms with van der Waals surface area (Å²) in [7, 11) is 3.48. The summed E-state index contributed by atoms with van der Waals surface area (Å²) in [6.07, 6.45) is 3.39. The smallest absolute Gasteiger partial charge is 0.244 e. The van der Waals surface area contributed by atoms with E-state index in [1.807, 2.05) is 19.1 Å². The Balaban J connectivity index is 2.57. The molecular weight excluding hydrogens is 178 g/mol. The van der Waals surface area contributed by atoms with Gasteiger partial charge in [-0.15, -0.1) is 0 Å². The van der Waals surface area contributed by atoms with Crippen molar-refractivity contribution in [3.8, 4) is 0 Å². The molecule has 1 atom stereocenters. The van der Waals surface area contributed by atoms with Crippen molar-refractivity contribution in [3.63, 3.8) is 0 Å². The van der Waals surface area contributed by atoms with Crippen LogP contribution >= 0.6 is 0 Å². The number of carbonyl (C=O) groups is 1. The van der Waals surface area contributed by atoms with Crippen molar-refractivity contribution in [2.24, 2.45) is 0 Å². The van der Waals surface area contributed by atoms with Gasteiger partial charge in [0.2, 0.25) is 5.91 Å². The standard InChI is InChI=1S/C10H15N3O/c1-8(10(14)13(2)3)12-9-5-4-6-11-7-9/h4-8,12H,1-3H3. The lowest BCUT2D eigenvalue weighted by molar-refractivity contribution is -0.129. The fraction of sp³-hybridized carbons (Fsp3) is 0.400. The number of anilines is 1. The molecule has 0 saturated carbocycles. The summed E-state index contributed by atoms with van der Waals surface area (Å²) in [6.45, 7) is 1.83. The number of nitrogens with zero attached hydrogens (tertiary/aromatic N) is 2. The topological polar surface area (TPSA) is 45.2 Å². The molecule has 0 fully saturated rings. The third-order valence-corrected chi connectivity index (χ3v) is 1.86. The fourth-order valence-corrected chi connectivity index (χ4v) is 1.15. The highest BCUT2D eigenvalue weighted by Crippen LogP contribution is 2.05. The maximum Gasteiger partial charge on any atom is 0.244 e. The van der Waals surface area contributed by atoms with Crippen LogP contribution in [0.3, 0.4) is 0 Å². The molecule has 0 radical (unpaired) electrons. The lowest BCUT2D eigenvalue weighted by Gasteiger charge is -2.18. The third-order valence-electron chi connectivity index (χ3n) is 1.86. The highest BCUT2D eigenvalue weighted by molar-refractivity contribution is 5.83. The van der Waals surface area contributed by atoms with Gasteiger partial charge in [0.05, 0.1) is 5.69 Å². The van der Waals surface area contributed by atoms with E-state index in [0.29, 0.717) is 0 Å². The van der Waals surface area contributed by atoms with Gasteiger partial charge in [-0.25, -0.2) is 0 Å². The summed E-state index contributed by atoms with van der Waals surface area (Å²) in [5.41, 5.74) is 0.857. The lowest BCUT2D eigenvalue weighted by atomic mass is 10.3. The fourth-order valence-electron chi connectivity index (χ4n) is 1.15. The van der Waals surface area contributed by atoms with Gasteiger partial charge >= 0.3 is 0 Å². The Morgan fingerprint density at radius 2 is 2.29 bits per heavy atom. The van der Waals surface area contributed by atoms with Gasteiger partial charge in [-0.3, -0.25) is 9.78 Å². The molecule has 0 spiro atoms. The van der Waals surface area contributed by atoms with Crippen molar-refractivity contribution in [1.82, 2.24) is 9.88 Å². The molecule has 1 rings (SSSR count). The molecule has 1 aromatic heterocycles. The quantitative estimate of drug-likeness (QED) is 0.778. The summed E-state index contributed by atoms with van der Waals surface area (Å²) in [6, 6.07) is 3.48. The van der Waals surface area contributed by atoms with E-state index >= 15 is 0 Å². The number of hydrogen-bond donors (Lipinski definition) is 1.